The van der Waals surface area contributed by atoms with Crippen LogP contribution in [0.3, 0.4) is 0 Å². The van der Waals surface area contributed by atoms with Gasteiger partial charge in [0.15, 0.2) is 6.61 Å². The van der Waals surface area contributed by atoms with E-state index in [1.807, 2.05) is 48.7 Å². The second kappa shape index (κ2) is 9.60. The highest BCUT2D eigenvalue weighted by Crippen LogP contribution is 2.20. The zero-order valence-electron chi connectivity index (χ0n) is 16.2. The number of hydrogen-bond acceptors (Lipinski definition) is 4. The van der Waals surface area contributed by atoms with Crippen molar-refractivity contribution in [2.24, 2.45) is 0 Å². The number of aromatic nitrogens is 2. The number of ether oxygens (including phenoxy) is 2. The summed E-state index contributed by atoms with van der Waals surface area (Å²) in [7, 11) is 0. The van der Waals surface area contributed by atoms with Gasteiger partial charge in [0.2, 0.25) is 0 Å². The maximum Gasteiger partial charge on any atom is 0.262 e. The number of carbonyl (C=O) groups excluding carboxylic acids is 1. The lowest BCUT2D eigenvalue weighted by Crippen LogP contribution is -2.20. The first-order valence-electron chi connectivity index (χ1n) is 9.33. The molecule has 0 aliphatic rings. The van der Waals surface area contributed by atoms with Gasteiger partial charge in [0.05, 0.1) is 6.54 Å². The molecule has 0 spiro atoms. The monoisotopic (exact) mass is 379 g/mol. The molecular weight excluding hydrogens is 354 g/mol. The van der Waals surface area contributed by atoms with Crippen LogP contribution in [0.2, 0.25) is 0 Å². The van der Waals surface area contributed by atoms with E-state index >= 15 is 0 Å². The predicted octanol–water partition coefficient (Wildman–Crippen LogP) is 4.10. The first-order chi connectivity index (χ1) is 13.6. The van der Waals surface area contributed by atoms with Gasteiger partial charge in [-0.15, -0.1) is 0 Å². The Balaban J connectivity index is 1.47. The molecule has 0 unspecified atom stereocenters. The Kier molecular flexibility index (Phi) is 6.68. The summed E-state index contributed by atoms with van der Waals surface area (Å²) in [5, 5.41) is 6.96. The fourth-order valence-electron chi connectivity index (χ4n) is 2.66. The zero-order valence-corrected chi connectivity index (χ0v) is 16.2. The Bertz CT molecular complexity index is 892. The molecule has 6 heteroatoms. The number of benzene rings is 2. The number of hydrogen-bond donors (Lipinski definition) is 1. The van der Waals surface area contributed by atoms with Gasteiger partial charge >= 0.3 is 0 Å². The van der Waals surface area contributed by atoms with Gasteiger partial charge in [-0.1, -0.05) is 32.0 Å². The third-order valence-electron chi connectivity index (χ3n) is 4.16. The van der Waals surface area contributed by atoms with E-state index in [4.69, 9.17) is 9.47 Å². The Morgan fingerprint density at radius 2 is 1.86 bits per heavy atom. The normalized spacial score (nSPS) is 10.7. The first kappa shape index (κ1) is 19.5. The number of nitrogens with one attached hydrogen (secondary N) is 1. The number of amides is 1. The average molecular weight is 379 g/mol. The summed E-state index contributed by atoms with van der Waals surface area (Å²) < 4.78 is 13.1. The van der Waals surface area contributed by atoms with Gasteiger partial charge in [0.25, 0.3) is 5.91 Å². The minimum atomic E-state index is -0.219. The maximum absolute atomic E-state index is 12.2. The van der Waals surface area contributed by atoms with Crippen molar-refractivity contribution in [1.82, 2.24) is 9.78 Å². The highest BCUT2D eigenvalue weighted by molar-refractivity contribution is 5.92. The van der Waals surface area contributed by atoms with E-state index < -0.39 is 0 Å². The molecule has 3 rings (SSSR count). The van der Waals surface area contributed by atoms with E-state index in [9.17, 15) is 4.79 Å². The molecule has 0 aliphatic carbocycles. The summed E-state index contributed by atoms with van der Waals surface area (Å²) in [5.74, 6) is 1.57. The Hall–Kier alpha value is -3.28. The van der Waals surface area contributed by atoms with Crippen molar-refractivity contribution < 1.29 is 14.3 Å². The first-order valence-corrected chi connectivity index (χ1v) is 9.33. The molecule has 0 bridgehead atoms. The summed E-state index contributed by atoms with van der Waals surface area (Å²) in [6.07, 6.45) is 3.62. The van der Waals surface area contributed by atoms with Crippen molar-refractivity contribution in [3.05, 3.63) is 72.6 Å². The molecule has 0 radical (unpaired) electrons. The van der Waals surface area contributed by atoms with E-state index in [-0.39, 0.29) is 12.5 Å². The molecule has 1 aromatic heterocycles. The van der Waals surface area contributed by atoms with Crippen molar-refractivity contribution in [3.63, 3.8) is 0 Å². The second-order valence-electron chi connectivity index (χ2n) is 6.71. The van der Waals surface area contributed by atoms with E-state index in [1.54, 1.807) is 16.9 Å². The SMILES string of the molecule is CC(C)c1cccc(OCC(=O)Nc2cccc(OCCn3cccn3)c2)c1. The minimum absolute atomic E-state index is 0.0497. The van der Waals surface area contributed by atoms with Crippen molar-refractivity contribution in [2.75, 3.05) is 18.5 Å². The van der Waals surface area contributed by atoms with Gasteiger partial charge in [-0.25, -0.2) is 0 Å². The third kappa shape index (κ3) is 5.87. The largest absolute Gasteiger partial charge is 0.492 e. The maximum atomic E-state index is 12.2. The highest BCUT2D eigenvalue weighted by atomic mass is 16.5. The van der Waals surface area contributed by atoms with Crippen LogP contribution in [0.1, 0.15) is 25.3 Å². The van der Waals surface area contributed by atoms with Crippen LogP contribution >= 0.6 is 0 Å². The topological polar surface area (TPSA) is 65.4 Å². The van der Waals surface area contributed by atoms with Gasteiger partial charge in [-0.05, 0) is 41.8 Å². The minimum Gasteiger partial charge on any atom is -0.492 e. The zero-order chi connectivity index (χ0) is 19.8. The lowest BCUT2D eigenvalue weighted by molar-refractivity contribution is -0.118. The number of carbonyl (C=O) groups is 1. The van der Waals surface area contributed by atoms with E-state index in [0.717, 1.165) is 0 Å². The Morgan fingerprint density at radius 3 is 2.61 bits per heavy atom. The second-order valence-corrected chi connectivity index (χ2v) is 6.71. The number of rotatable bonds is 9. The quantitative estimate of drug-likeness (QED) is 0.608. The lowest BCUT2D eigenvalue weighted by Gasteiger charge is -2.11. The molecule has 0 fully saturated rings. The molecule has 0 saturated heterocycles. The number of nitrogens with zero attached hydrogens (tertiary/aromatic N) is 2. The van der Waals surface area contributed by atoms with Crippen LogP contribution in [0.4, 0.5) is 5.69 Å². The van der Waals surface area contributed by atoms with Crippen molar-refractivity contribution in [2.45, 2.75) is 26.3 Å². The van der Waals surface area contributed by atoms with Crippen LogP contribution in [0, 0.1) is 0 Å². The van der Waals surface area contributed by atoms with E-state index in [0.29, 0.717) is 36.3 Å². The van der Waals surface area contributed by atoms with E-state index in [2.05, 4.69) is 30.3 Å². The summed E-state index contributed by atoms with van der Waals surface area (Å²) in [4.78, 5) is 12.2. The fraction of sp³-hybridized carbons (Fsp3) is 0.273. The molecule has 0 aliphatic heterocycles. The fourth-order valence-corrected chi connectivity index (χ4v) is 2.66. The van der Waals surface area contributed by atoms with Crippen molar-refractivity contribution in [3.8, 4) is 11.5 Å². The van der Waals surface area contributed by atoms with Crippen LogP contribution in [-0.2, 0) is 11.3 Å². The van der Waals surface area contributed by atoms with Gasteiger partial charge in [0, 0.05) is 24.1 Å². The molecular formula is C22H25N3O3. The van der Waals surface area contributed by atoms with Crippen LogP contribution in [-0.4, -0.2) is 28.9 Å². The summed E-state index contributed by atoms with van der Waals surface area (Å²) in [5.41, 5.74) is 1.85. The Morgan fingerprint density at radius 1 is 1.07 bits per heavy atom. The molecule has 3 aromatic rings. The molecule has 28 heavy (non-hydrogen) atoms. The highest BCUT2D eigenvalue weighted by Gasteiger charge is 2.06. The van der Waals surface area contributed by atoms with Gasteiger partial charge in [-0.3, -0.25) is 9.48 Å². The molecule has 6 nitrogen and oxygen atoms in total. The lowest BCUT2D eigenvalue weighted by atomic mass is 10.0. The third-order valence-corrected chi connectivity index (χ3v) is 4.16. The van der Waals surface area contributed by atoms with Gasteiger partial charge in [0.1, 0.15) is 18.1 Å². The number of anilines is 1. The summed E-state index contributed by atoms with van der Waals surface area (Å²) in [6.45, 7) is 5.35. The molecule has 1 amide bonds. The standard InChI is InChI=1S/C22H25N3O3/c1-17(2)18-6-3-8-20(14-18)28-16-22(26)24-19-7-4-9-21(15-19)27-13-12-25-11-5-10-23-25/h3-11,14-15,17H,12-13,16H2,1-2H3,(H,24,26). The summed E-state index contributed by atoms with van der Waals surface area (Å²) >= 11 is 0. The predicted molar refractivity (Wildman–Crippen MR) is 109 cm³/mol. The van der Waals surface area contributed by atoms with Crippen molar-refractivity contribution in [1.29, 1.82) is 0 Å². The molecule has 1 N–H and O–H groups in total. The van der Waals surface area contributed by atoms with Gasteiger partial charge in [-0.2, -0.15) is 5.10 Å². The van der Waals surface area contributed by atoms with Crippen LogP contribution in [0.25, 0.3) is 0 Å². The molecule has 0 saturated carbocycles. The van der Waals surface area contributed by atoms with Gasteiger partial charge < -0.3 is 14.8 Å². The smallest absolute Gasteiger partial charge is 0.262 e. The van der Waals surface area contributed by atoms with Crippen LogP contribution < -0.4 is 14.8 Å². The average Bonchev–Trinajstić information content (AvgIpc) is 3.20. The van der Waals surface area contributed by atoms with Crippen LogP contribution in [0.5, 0.6) is 11.5 Å². The van der Waals surface area contributed by atoms with Crippen molar-refractivity contribution >= 4 is 11.6 Å². The summed E-state index contributed by atoms with van der Waals surface area (Å²) in [6, 6.07) is 17.0. The molecule has 2 aromatic carbocycles. The molecule has 0 atom stereocenters. The molecule has 146 valence electrons. The van der Waals surface area contributed by atoms with Crippen LogP contribution in [0.15, 0.2) is 67.0 Å². The van der Waals surface area contributed by atoms with E-state index in [1.165, 1.54) is 5.56 Å². The Labute approximate surface area is 165 Å². The molecule has 1 heterocycles.